The van der Waals surface area contributed by atoms with Crippen LogP contribution in [0.3, 0.4) is 0 Å². The Morgan fingerprint density at radius 1 is 1.04 bits per heavy atom. The second-order valence-corrected chi connectivity index (χ2v) is 5.04. The van der Waals surface area contributed by atoms with E-state index in [0.717, 1.165) is 16.3 Å². The Kier molecular flexibility index (Phi) is 4.66. The number of anilines is 2. The summed E-state index contributed by atoms with van der Waals surface area (Å²) >= 11 is 0. The maximum atomic E-state index is 10.3. The average molecular weight is 311 g/mol. The van der Waals surface area contributed by atoms with Crippen LogP contribution in [0.15, 0.2) is 54.6 Å². The van der Waals surface area contributed by atoms with Crippen LogP contribution in [0.2, 0.25) is 0 Å². The van der Waals surface area contributed by atoms with Crippen molar-refractivity contribution in [3.63, 3.8) is 0 Å². The second-order valence-electron chi connectivity index (χ2n) is 5.04. The molecule has 6 nitrogen and oxygen atoms in total. The van der Waals surface area contributed by atoms with Crippen LogP contribution in [-0.4, -0.2) is 10.0 Å². The van der Waals surface area contributed by atoms with E-state index in [9.17, 15) is 15.2 Å². The Labute approximate surface area is 133 Å². The van der Waals surface area contributed by atoms with Crippen LogP contribution in [-0.2, 0) is 0 Å². The molecule has 0 bridgehead atoms. The fourth-order valence-electron chi connectivity index (χ4n) is 2.10. The summed E-state index contributed by atoms with van der Waals surface area (Å²) in [4.78, 5) is 9.82. The van der Waals surface area contributed by atoms with Crippen LogP contribution in [0.4, 0.5) is 17.1 Å². The first kappa shape index (κ1) is 16.1. The Bertz CT molecular complexity index is 863. The smallest absolute Gasteiger partial charge is 0.292 e. The van der Waals surface area contributed by atoms with Gasteiger partial charge in [0.05, 0.1) is 10.6 Å². The fraction of sp³-hybridized carbons (Fsp3) is 0.0588. The van der Waals surface area contributed by atoms with E-state index < -0.39 is 4.92 Å². The number of hydrogen-bond acceptors (Lipinski definition) is 5. The summed E-state index contributed by atoms with van der Waals surface area (Å²) in [5.41, 5.74) is 12.5. The van der Waals surface area contributed by atoms with E-state index in [4.69, 9.17) is 11.5 Å². The van der Waals surface area contributed by atoms with E-state index in [0.29, 0.717) is 5.69 Å². The van der Waals surface area contributed by atoms with E-state index in [-0.39, 0.29) is 17.1 Å². The average Bonchev–Trinajstić information content (AvgIpc) is 2.54. The van der Waals surface area contributed by atoms with Gasteiger partial charge in [0.25, 0.3) is 5.69 Å². The number of benzene rings is 3. The predicted octanol–water partition coefficient (Wildman–Crippen LogP) is 3.61. The van der Waals surface area contributed by atoms with Crippen LogP contribution in [0.25, 0.3) is 10.8 Å². The van der Waals surface area contributed by atoms with Crippen LogP contribution in [0.1, 0.15) is 5.56 Å². The summed E-state index contributed by atoms with van der Waals surface area (Å²) in [5.74, 6) is 0.147. The molecule has 0 radical (unpaired) electrons. The van der Waals surface area contributed by atoms with E-state index in [2.05, 4.69) is 0 Å². The number of rotatable bonds is 1. The van der Waals surface area contributed by atoms with E-state index >= 15 is 0 Å². The Morgan fingerprint density at radius 3 is 2.39 bits per heavy atom. The number of nitrogens with two attached hydrogens (primary N) is 2. The molecule has 5 N–H and O–H groups in total. The molecule has 0 aliphatic carbocycles. The Hall–Kier alpha value is -3.28. The van der Waals surface area contributed by atoms with Gasteiger partial charge in [-0.3, -0.25) is 10.1 Å². The summed E-state index contributed by atoms with van der Waals surface area (Å²) < 4.78 is 0. The van der Waals surface area contributed by atoms with Gasteiger partial charge in [-0.1, -0.05) is 36.4 Å². The lowest BCUT2D eigenvalue weighted by Crippen LogP contribution is -1.95. The number of nitro groups is 1. The molecule has 0 saturated carbocycles. The van der Waals surface area contributed by atoms with Gasteiger partial charge in [-0.25, -0.2) is 0 Å². The van der Waals surface area contributed by atoms with Crippen molar-refractivity contribution in [2.45, 2.75) is 6.92 Å². The lowest BCUT2D eigenvalue weighted by Gasteiger charge is -2.02. The van der Waals surface area contributed by atoms with Gasteiger partial charge in [0.1, 0.15) is 11.4 Å². The van der Waals surface area contributed by atoms with Gasteiger partial charge in [-0.05, 0) is 30.0 Å². The number of nitrogen functional groups attached to an aromatic ring is 2. The minimum absolute atomic E-state index is 0.0231. The number of nitro benzene ring substituents is 1. The SMILES string of the molecule is Cc1ccc(N)c([N+](=O)[O-])c1.Nc1c(O)ccc2ccccc12. The zero-order valence-electron chi connectivity index (χ0n) is 12.6. The molecule has 0 fully saturated rings. The largest absolute Gasteiger partial charge is 0.506 e. The van der Waals surface area contributed by atoms with Crippen molar-refractivity contribution in [3.05, 3.63) is 70.3 Å². The minimum Gasteiger partial charge on any atom is -0.506 e. The molecule has 0 saturated heterocycles. The zero-order chi connectivity index (χ0) is 17.0. The monoisotopic (exact) mass is 311 g/mol. The molecule has 3 aromatic rings. The lowest BCUT2D eigenvalue weighted by atomic mass is 10.1. The van der Waals surface area contributed by atoms with Crippen molar-refractivity contribution in [2.24, 2.45) is 0 Å². The van der Waals surface area contributed by atoms with Crippen LogP contribution in [0, 0.1) is 17.0 Å². The van der Waals surface area contributed by atoms with Crippen molar-refractivity contribution < 1.29 is 10.0 Å². The first-order valence-corrected chi connectivity index (χ1v) is 6.87. The second kappa shape index (κ2) is 6.65. The number of aryl methyl sites for hydroxylation is 1. The van der Waals surface area contributed by atoms with Gasteiger partial charge in [-0.2, -0.15) is 0 Å². The molecule has 0 unspecified atom stereocenters. The first-order valence-electron chi connectivity index (χ1n) is 6.87. The first-order chi connectivity index (χ1) is 10.9. The van der Waals surface area contributed by atoms with Gasteiger partial charge in [0.15, 0.2) is 0 Å². The summed E-state index contributed by atoms with van der Waals surface area (Å²) in [6, 6.07) is 15.9. The van der Waals surface area contributed by atoms with Crippen LogP contribution in [0.5, 0.6) is 5.75 Å². The lowest BCUT2D eigenvalue weighted by molar-refractivity contribution is -0.383. The van der Waals surface area contributed by atoms with E-state index in [1.165, 1.54) is 12.1 Å². The third-order valence-corrected chi connectivity index (χ3v) is 3.33. The van der Waals surface area contributed by atoms with Gasteiger partial charge in [-0.15, -0.1) is 0 Å². The third kappa shape index (κ3) is 3.68. The molecular formula is C17H17N3O3. The molecule has 0 aromatic heterocycles. The number of aromatic hydroxyl groups is 1. The minimum atomic E-state index is -0.484. The molecule has 0 amide bonds. The summed E-state index contributed by atoms with van der Waals surface area (Å²) in [7, 11) is 0. The molecule has 0 atom stereocenters. The molecule has 0 aliphatic heterocycles. The molecule has 118 valence electrons. The standard InChI is InChI=1S/C10H9NO.C7H8N2O2/c11-10-8-4-2-1-3-7(8)5-6-9(10)12;1-5-2-3-6(8)7(4-5)9(10)11/h1-6,12H,11H2;2-4H,8H2,1H3. The molecule has 3 aromatic carbocycles. The highest BCUT2D eigenvalue weighted by Crippen LogP contribution is 2.28. The number of fused-ring (bicyclic) bond motifs is 1. The van der Waals surface area contributed by atoms with Gasteiger partial charge in [0, 0.05) is 11.5 Å². The zero-order valence-corrected chi connectivity index (χ0v) is 12.6. The van der Waals surface area contributed by atoms with Crippen molar-refractivity contribution in [1.29, 1.82) is 0 Å². The third-order valence-electron chi connectivity index (χ3n) is 3.33. The molecule has 0 heterocycles. The molecule has 23 heavy (non-hydrogen) atoms. The highest BCUT2D eigenvalue weighted by Gasteiger charge is 2.09. The van der Waals surface area contributed by atoms with E-state index in [1.54, 1.807) is 19.1 Å². The Morgan fingerprint density at radius 2 is 1.74 bits per heavy atom. The normalized spacial score (nSPS) is 9.96. The number of nitrogens with zero attached hydrogens (tertiary/aromatic N) is 1. The van der Waals surface area contributed by atoms with Gasteiger partial charge < -0.3 is 16.6 Å². The van der Waals surface area contributed by atoms with Crippen LogP contribution >= 0.6 is 0 Å². The molecule has 0 spiro atoms. The quantitative estimate of drug-likeness (QED) is 0.275. The van der Waals surface area contributed by atoms with Gasteiger partial charge >= 0.3 is 0 Å². The number of phenols is 1. The van der Waals surface area contributed by atoms with Crippen LogP contribution < -0.4 is 11.5 Å². The number of phenolic OH excluding ortho intramolecular Hbond substituents is 1. The molecule has 3 rings (SSSR count). The van der Waals surface area contributed by atoms with Crippen molar-refractivity contribution >= 4 is 27.8 Å². The number of hydrogen-bond donors (Lipinski definition) is 3. The van der Waals surface area contributed by atoms with Crippen molar-refractivity contribution in [3.8, 4) is 5.75 Å². The Balaban J connectivity index is 0.000000168. The highest BCUT2D eigenvalue weighted by atomic mass is 16.6. The van der Waals surface area contributed by atoms with Crippen molar-refractivity contribution in [2.75, 3.05) is 11.5 Å². The molecule has 0 aliphatic rings. The van der Waals surface area contributed by atoms with E-state index in [1.807, 2.05) is 30.3 Å². The molecular weight excluding hydrogens is 294 g/mol. The topological polar surface area (TPSA) is 115 Å². The van der Waals surface area contributed by atoms with Gasteiger partial charge in [0.2, 0.25) is 0 Å². The molecule has 6 heteroatoms. The predicted molar refractivity (Wildman–Crippen MR) is 92.3 cm³/mol. The maximum absolute atomic E-state index is 10.3. The highest BCUT2D eigenvalue weighted by molar-refractivity contribution is 5.95. The summed E-state index contributed by atoms with van der Waals surface area (Å²) in [5, 5.41) is 21.5. The summed E-state index contributed by atoms with van der Waals surface area (Å²) in [6.45, 7) is 1.78. The maximum Gasteiger partial charge on any atom is 0.292 e. The summed E-state index contributed by atoms with van der Waals surface area (Å²) in [6.07, 6.45) is 0. The fourth-order valence-corrected chi connectivity index (χ4v) is 2.10. The van der Waals surface area contributed by atoms with Crippen molar-refractivity contribution in [1.82, 2.24) is 0 Å².